The van der Waals surface area contributed by atoms with Crippen LogP contribution in [0.25, 0.3) is 0 Å². The molecular weight excluding hydrogens is 208 g/mol. The van der Waals surface area contributed by atoms with Gasteiger partial charge in [-0.25, -0.2) is 0 Å². The molecule has 0 aliphatic heterocycles. The summed E-state index contributed by atoms with van der Waals surface area (Å²) >= 11 is 0. The van der Waals surface area contributed by atoms with Crippen molar-refractivity contribution in [3.05, 3.63) is 29.3 Å². The fourth-order valence-electron chi connectivity index (χ4n) is 1.27. The third-order valence-electron chi connectivity index (χ3n) is 1.92. The van der Waals surface area contributed by atoms with Gasteiger partial charge in [0.15, 0.2) is 0 Å². The molecule has 1 aromatic carbocycles. The normalized spacial score (nSPS) is 9.12. The van der Waals surface area contributed by atoms with Crippen LogP contribution in [-0.4, -0.2) is 29.9 Å². The lowest BCUT2D eigenvalue weighted by atomic mass is 10.1. The summed E-state index contributed by atoms with van der Waals surface area (Å²) in [4.78, 5) is 10.5. The predicted octanol–water partition coefficient (Wildman–Crippen LogP) is 0.666. The van der Waals surface area contributed by atoms with Gasteiger partial charge in [-0.15, -0.1) is 0 Å². The number of carboxylic acid groups (broad SMARTS) is 1. The van der Waals surface area contributed by atoms with Gasteiger partial charge in [-0.2, -0.15) is 0 Å². The van der Waals surface area contributed by atoms with E-state index in [1.165, 1.54) is 7.11 Å². The van der Waals surface area contributed by atoms with Crippen molar-refractivity contribution in [2.75, 3.05) is 13.7 Å². The molecule has 0 saturated heterocycles. The summed E-state index contributed by atoms with van der Waals surface area (Å²) in [5.41, 5.74) is 1.23. The van der Waals surface area contributed by atoms with Gasteiger partial charge < -0.3 is 14.9 Å². The Labute approximate surface area is 93.5 Å². The van der Waals surface area contributed by atoms with Crippen molar-refractivity contribution >= 4 is 5.97 Å². The molecule has 2 N–H and O–H groups in total. The van der Waals surface area contributed by atoms with Gasteiger partial charge in [0.1, 0.15) is 12.4 Å². The molecule has 4 heteroatoms. The van der Waals surface area contributed by atoms with E-state index in [1.54, 1.807) is 18.2 Å². The molecule has 0 saturated carbocycles. The second-order valence-electron chi connectivity index (χ2n) is 3.07. The average molecular weight is 220 g/mol. The monoisotopic (exact) mass is 220 g/mol. The summed E-state index contributed by atoms with van der Waals surface area (Å²) in [6.45, 7) is -0.244. The molecule has 84 valence electrons. The van der Waals surface area contributed by atoms with E-state index in [-0.39, 0.29) is 13.0 Å². The van der Waals surface area contributed by atoms with E-state index in [9.17, 15) is 4.79 Å². The number of methoxy groups -OCH3 is 1. The Hall–Kier alpha value is -1.99. The van der Waals surface area contributed by atoms with E-state index in [4.69, 9.17) is 14.9 Å². The summed E-state index contributed by atoms with van der Waals surface area (Å²) in [5.74, 6) is 4.88. The molecule has 0 aromatic heterocycles. The first-order valence-corrected chi connectivity index (χ1v) is 4.66. The fraction of sp³-hybridized carbons (Fsp3) is 0.250. The Morgan fingerprint density at radius 1 is 1.50 bits per heavy atom. The molecule has 1 aromatic rings. The lowest BCUT2D eigenvalue weighted by Gasteiger charge is -2.05. The predicted molar refractivity (Wildman–Crippen MR) is 58.3 cm³/mol. The minimum atomic E-state index is -0.897. The summed E-state index contributed by atoms with van der Waals surface area (Å²) in [6, 6.07) is 4.99. The molecule has 0 heterocycles. The molecular formula is C12H12O4. The molecule has 0 spiro atoms. The third kappa shape index (κ3) is 3.30. The van der Waals surface area contributed by atoms with Crippen LogP contribution in [0.1, 0.15) is 11.1 Å². The lowest BCUT2D eigenvalue weighted by molar-refractivity contribution is -0.136. The minimum absolute atomic E-state index is 0.0577. The van der Waals surface area contributed by atoms with Crippen molar-refractivity contribution in [3.8, 4) is 17.6 Å². The van der Waals surface area contributed by atoms with Crippen molar-refractivity contribution < 1.29 is 19.7 Å². The van der Waals surface area contributed by atoms with Crippen molar-refractivity contribution in [1.29, 1.82) is 0 Å². The van der Waals surface area contributed by atoms with Crippen LogP contribution in [0.15, 0.2) is 18.2 Å². The van der Waals surface area contributed by atoms with Gasteiger partial charge in [0.25, 0.3) is 0 Å². The number of benzene rings is 1. The maximum atomic E-state index is 10.5. The second-order valence-corrected chi connectivity index (χ2v) is 3.07. The molecule has 0 amide bonds. The number of carbonyl (C=O) groups is 1. The summed E-state index contributed by atoms with van der Waals surface area (Å²) in [7, 11) is 1.51. The maximum absolute atomic E-state index is 10.5. The van der Waals surface area contributed by atoms with E-state index in [0.717, 1.165) is 0 Å². The molecule has 4 nitrogen and oxygen atoms in total. The Balaban J connectivity index is 3.05. The molecule has 0 fully saturated rings. The third-order valence-corrected chi connectivity index (χ3v) is 1.92. The number of aliphatic hydroxyl groups is 1. The Bertz CT molecular complexity index is 440. The molecule has 0 aliphatic rings. The molecule has 16 heavy (non-hydrogen) atoms. The van der Waals surface area contributed by atoms with Gasteiger partial charge >= 0.3 is 5.97 Å². The number of aliphatic carboxylic acids is 1. The first-order chi connectivity index (χ1) is 7.67. The van der Waals surface area contributed by atoms with E-state index < -0.39 is 5.97 Å². The van der Waals surface area contributed by atoms with Gasteiger partial charge in [-0.05, 0) is 17.7 Å². The highest BCUT2D eigenvalue weighted by molar-refractivity contribution is 5.70. The molecule has 1 rings (SSSR count). The molecule has 0 aliphatic carbocycles. The number of aliphatic hydroxyl groups excluding tert-OH is 1. The van der Waals surface area contributed by atoms with Crippen LogP contribution in [0, 0.1) is 11.8 Å². The summed E-state index contributed by atoms with van der Waals surface area (Å²) < 4.78 is 5.07. The molecule has 0 atom stereocenters. The molecule has 0 radical (unpaired) electrons. The van der Waals surface area contributed by atoms with Gasteiger partial charge in [0, 0.05) is 0 Å². The van der Waals surface area contributed by atoms with Crippen LogP contribution in [-0.2, 0) is 11.2 Å². The average Bonchev–Trinajstić information content (AvgIpc) is 2.25. The highest BCUT2D eigenvalue weighted by Crippen LogP contribution is 2.19. The highest BCUT2D eigenvalue weighted by Gasteiger charge is 2.05. The smallest absolute Gasteiger partial charge is 0.307 e. The van der Waals surface area contributed by atoms with E-state index in [0.29, 0.717) is 16.9 Å². The number of hydrogen-bond donors (Lipinski definition) is 2. The van der Waals surface area contributed by atoms with Crippen LogP contribution < -0.4 is 4.74 Å². The number of rotatable bonds is 3. The van der Waals surface area contributed by atoms with Gasteiger partial charge in [0.05, 0.1) is 19.1 Å². The maximum Gasteiger partial charge on any atom is 0.307 e. The van der Waals surface area contributed by atoms with Crippen molar-refractivity contribution in [1.82, 2.24) is 0 Å². The topological polar surface area (TPSA) is 66.8 Å². The zero-order chi connectivity index (χ0) is 12.0. The summed E-state index contributed by atoms with van der Waals surface area (Å²) in [6.07, 6.45) is -0.0577. The van der Waals surface area contributed by atoms with Crippen LogP contribution in [0.5, 0.6) is 5.75 Å². The van der Waals surface area contributed by atoms with Gasteiger partial charge in [-0.3, -0.25) is 4.79 Å². The lowest BCUT2D eigenvalue weighted by Crippen LogP contribution is -2.00. The number of carboxylic acids is 1. The Kier molecular flexibility index (Phi) is 4.37. The molecule has 0 bridgehead atoms. The SMILES string of the molecule is COc1ccc(CC(=O)O)cc1C#CCO. The largest absolute Gasteiger partial charge is 0.495 e. The van der Waals surface area contributed by atoms with Gasteiger partial charge in [-0.1, -0.05) is 17.9 Å². The van der Waals surface area contributed by atoms with Crippen LogP contribution in [0.4, 0.5) is 0 Å². The van der Waals surface area contributed by atoms with Crippen LogP contribution in [0.3, 0.4) is 0 Å². The first-order valence-electron chi connectivity index (χ1n) is 4.66. The van der Waals surface area contributed by atoms with Crippen molar-refractivity contribution in [3.63, 3.8) is 0 Å². The quantitative estimate of drug-likeness (QED) is 0.734. The zero-order valence-electron chi connectivity index (χ0n) is 8.86. The van der Waals surface area contributed by atoms with Crippen LogP contribution in [0.2, 0.25) is 0 Å². The second kappa shape index (κ2) is 5.79. The summed E-state index contributed by atoms with van der Waals surface area (Å²) in [5, 5.41) is 17.3. The van der Waals surface area contributed by atoms with E-state index in [2.05, 4.69) is 11.8 Å². The molecule has 0 unspecified atom stereocenters. The highest BCUT2D eigenvalue weighted by atomic mass is 16.5. The van der Waals surface area contributed by atoms with Gasteiger partial charge in [0.2, 0.25) is 0 Å². The fourth-order valence-corrected chi connectivity index (χ4v) is 1.27. The van der Waals surface area contributed by atoms with Crippen LogP contribution >= 0.6 is 0 Å². The minimum Gasteiger partial charge on any atom is -0.495 e. The van der Waals surface area contributed by atoms with E-state index >= 15 is 0 Å². The van der Waals surface area contributed by atoms with E-state index in [1.807, 2.05) is 0 Å². The Morgan fingerprint density at radius 2 is 2.25 bits per heavy atom. The number of hydrogen-bond acceptors (Lipinski definition) is 3. The van der Waals surface area contributed by atoms with Crippen molar-refractivity contribution in [2.45, 2.75) is 6.42 Å². The van der Waals surface area contributed by atoms with Crippen molar-refractivity contribution in [2.24, 2.45) is 0 Å². The zero-order valence-corrected chi connectivity index (χ0v) is 8.86. The standard InChI is InChI=1S/C12H12O4/c1-16-11-5-4-9(8-12(14)15)7-10(11)3-2-6-13/h4-5,7,13H,6,8H2,1H3,(H,14,15). The number of ether oxygens (including phenoxy) is 1. The first kappa shape index (κ1) is 12.1. The Morgan fingerprint density at radius 3 is 2.81 bits per heavy atom.